The second kappa shape index (κ2) is 5.41. The summed E-state index contributed by atoms with van der Waals surface area (Å²) in [5, 5.41) is 3.29. The Morgan fingerprint density at radius 2 is 1.94 bits per heavy atom. The van der Waals surface area contributed by atoms with Crippen LogP contribution in [0.3, 0.4) is 0 Å². The average molecular weight is 237 g/mol. The van der Waals surface area contributed by atoms with Crippen molar-refractivity contribution >= 4 is 0 Å². The fourth-order valence-electron chi connectivity index (χ4n) is 2.37. The maximum atomic E-state index is 13.2. The van der Waals surface area contributed by atoms with Crippen LogP contribution in [0.2, 0.25) is 0 Å². The first-order valence-corrected chi connectivity index (χ1v) is 6.09. The van der Waals surface area contributed by atoms with Crippen molar-refractivity contribution < 1.29 is 8.78 Å². The van der Waals surface area contributed by atoms with Gasteiger partial charge in [0.25, 0.3) is 0 Å². The van der Waals surface area contributed by atoms with Crippen molar-refractivity contribution in [3.05, 3.63) is 47.0 Å². The van der Waals surface area contributed by atoms with Crippen LogP contribution in [0.1, 0.15) is 37.8 Å². The lowest BCUT2D eigenvalue weighted by Gasteiger charge is -2.20. The van der Waals surface area contributed by atoms with Gasteiger partial charge in [0, 0.05) is 6.07 Å². The Kier molecular flexibility index (Phi) is 3.89. The molecule has 17 heavy (non-hydrogen) atoms. The number of hydrogen-bond donors (Lipinski definition) is 1. The number of rotatable bonds is 4. The highest BCUT2D eigenvalue weighted by atomic mass is 19.1. The lowest BCUT2D eigenvalue weighted by atomic mass is 9.98. The standard InChI is InChI=1S/C14H17F2N/c1-2-17-14(10-5-3-4-6-10)11-7-12(15)9-13(16)8-11/h5,7-9,14,17H,2-4,6H2,1H3. The molecule has 92 valence electrons. The Labute approximate surface area is 101 Å². The summed E-state index contributed by atoms with van der Waals surface area (Å²) >= 11 is 0. The molecule has 1 unspecified atom stereocenters. The molecule has 0 radical (unpaired) electrons. The minimum Gasteiger partial charge on any atom is -0.307 e. The number of benzene rings is 1. The zero-order chi connectivity index (χ0) is 12.3. The Morgan fingerprint density at radius 1 is 1.24 bits per heavy atom. The van der Waals surface area contributed by atoms with Crippen LogP contribution in [-0.2, 0) is 0 Å². The van der Waals surface area contributed by atoms with Gasteiger partial charge in [-0.05, 0) is 43.5 Å². The summed E-state index contributed by atoms with van der Waals surface area (Å²) in [7, 11) is 0. The molecule has 0 amide bonds. The van der Waals surface area contributed by atoms with Crippen molar-refractivity contribution in [2.75, 3.05) is 6.54 Å². The molecule has 0 heterocycles. The lowest BCUT2D eigenvalue weighted by molar-refractivity contribution is 0.559. The smallest absolute Gasteiger partial charge is 0.126 e. The largest absolute Gasteiger partial charge is 0.307 e. The third kappa shape index (κ3) is 2.91. The number of nitrogens with one attached hydrogen (secondary N) is 1. The highest BCUT2D eigenvalue weighted by molar-refractivity contribution is 5.30. The minimum absolute atomic E-state index is 0.0484. The Bertz CT molecular complexity index is 406. The van der Waals surface area contributed by atoms with Gasteiger partial charge in [-0.2, -0.15) is 0 Å². The van der Waals surface area contributed by atoms with E-state index in [2.05, 4.69) is 11.4 Å². The molecule has 1 nitrogen and oxygen atoms in total. The molecule has 0 saturated carbocycles. The lowest BCUT2D eigenvalue weighted by Crippen LogP contribution is -2.22. The molecule has 1 atom stereocenters. The van der Waals surface area contributed by atoms with Gasteiger partial charge in [-0.1, -0.05) is 18.6 Å². The number of halogens is 2. The molecule has 0 saturated heterocycles. The van der Waals surface area contributed by atoms with Gasteiger partial charge in [0.15, 0.2) is 0 Å². The fourth-order valence-corrected chi connectivity index (χ4v) is 2.37. The van der Waals surface area contributed by atoms with E-state index in [1.807, 2.05) is 6.92 Å². The maximum absolute atomic E-state index is 13.2. The van der Waals surface area contributed by atoms with Crippen LogP contribution in [0.15, 0.2) is 29.8 Å². The highest BCUT2D eigenvalue weighted by Gasteiger charge is 2.19. The van der Waals surface area contributed by atoms with Crippen molar-refractivity contribution in [1.82, 2.24) is 5.32 Å². The topological polar surface area (TPSA) is 12.0 Å². The van der Waals surface area contributed by atoms with Gasteiger partial charge >= 0.3 is 0 Å². The van der Waals surface area contributed by atoms with E-state index in [9.17, 15) is 8.78 Å². The van der Waals surface area contributed by atoms with E-state index in [0.717, 1.165) is 31.9 Å². The van der Waals surface area contributed by atoms with Crippen molar-refractivity contribution in [2.45, 2.75) is 32.2 Å². The summed E-state index contributed by atoms with van der Waals surface area (Å²) in [4.78, 5) is 0. The van der Waals surface area contributed by atoms with Crippen LogP contribution in [0.4, 0.5) is 8.78 Å². The number of likely N-dealkylation sites (N-methyl/N-ethyl adjacent to an activating group) is 1. The summed E-state index contributed by atoms with van der Waals surface area (Å²) in [5.74, 6) is -1.02. The van der Waals surface area contributed by atoms with E-state index in [0.29, 0.717) is 5.56 Å². The molecule has 1 aromatic carbocycles. The average Bonchev–Trinajstić information content (AvgIpc) is 2.77. The van der Waals surface area contributed by atoms with E-state index in [1.165, 1.54) is 17.7 Å². The summed E-state index contributed by atoms with van der Waals surface area (Å²) in [6.45, 7) is 2.78. The molecule has 3 heteroatoms. The Balaban J connectivity index is 2.31. The second-order valence-corrected chi connectivity index (χ2v) is 4.36. The van der Waals surface area contributed by atoms with Gasteiger partial charge in [-0.15, -0.1) is 0 Å². The molecule has 0 aliphatic heterocycles. The van der Waals surface area contributed by atoms with Crippen LogP contribution in [0.25, 0.3) is 0 Å². The molecular weight excluding hydrogens is 220 g/mol. The van der Waals surface area contributed by atoms with Crippen molar-refractivity contribution in [3.63, 3.8) is 0 Å². The number of hydrogen-bond acceptors (Lipinski definition) is 1. The summed E-state index contributed by atoms with van der Waals surface area (Å²) in [5.41, 5.74) is 1.93. The Hall–Kier alpha value is -1.22. The Morgan fingerprint density at radius 3 is 2.47 bits per heavy atom. The van der Waals surface area contributed by atoms with E-state index < -0.39 is 11.6 Å². The first kappa shape index (κ1) is 12.2. The second-order valence-electron chi connectivity index (χ2n) is 4.36. The van der Waals surface area contributed by atoms with E-state index >= 15 is 0 Å². The third-order valence-corrected chi connectivity index (χ3v) is 3.07. The van der Waals surface area contributed by atoms with Crippen molar-refractivity contribution in [1.29, 1.82) is 0 Å². The summed E-state index contributed by atoms with van der Waals surface area (Å²) in [6, 6.07) is 3.69. The molecule has 2 rings (SSSR count). The first-order valence-electron chi connectivity index (χ1n) is 6.09. The van der Waals surface area contributed by atoms with E-state index in [1.54, 1.807) is 0 Å². The van der Waals surface area contributed by atoms with Gasteiger partial charge in [0.2, 0.25) is 0 Å². The molecule has 0 fully saturated rings. The maximum Gasteiger partial charge on any atom is 0.126 e. The molecule has 1 aromatic rings. The minimum atomic E-state index is -0.512. The molecule has 1 aliphatic rings. The normalized spacial score (nSPS) is 17.0. The summed E-state index contributed by atoms with van der Waals surface area (Å²) < 4.78 is 26.5. The van der Waals surface area contributed by atoms with Crippen LogP contribution in [0.5, 0.6) is 0 Å². The van der Waals surface area contributed by atoms with Crippen molar-refractivity contribution in [2.24, 2.45) is 0 Å². The van der Waals surface area contributed by atoms with E-state index in [4.69, 9.17) is 0 Å². The molecular formula is C14H17F2N. The van der Waals surface area contributed by atoms with Crippen LogP contribution >= 0.6 is 0 Å². The number of allylic oxidation sites excluding steroid dienone is 1. The van der Waals surface area contributed by atoms with Gasteiger partial charge in [-0.3, -0.25) is 0 Å². The quantitative estimate of drug-likeness (QED) is 0.787. The fraction of sp³-hybridized carbons (Fsp3) is 0.429. The molecule has 0 bridgehead atoms. The van der Waals surface area contributed by atoms with Gasteiger partial charge < -0.3 is 5.32 Å². The third-order valence-electron chi connectivity index (χ3n) is 3.07. The van der Waals surface area contributed by atoms with Gasteiger partial charge in [0.05, 0.1) is 6.04 Å². The van der Waals surface area contributed by atoms with E-state index in [-0.39, 0.29) is 6.04 Å². The zero-order valence-corrected chi connectivity index (χ0v) is 9.97. The van der Waals surface area contributed by atoms with Gasteiger partial charge in [0.1, 0.15) is 11.6 Å². The monoisotopic (exact) mass is 237 g/mol. The predicted octanol–water partition coefficient (Wildman–Crippen LogP) is 3.73. The summed E-state index contributed by atoms with van der Waals surface area (Å²) in [6.07, 6.45) is 5.38. The van der Waals surface area contributed by atoms with Crippen LogP contribution < -0.4 is 5.32 Å². The first-order chi connectivity index (χ1) is 8.20. The predicted molar refractivity (Wildman–Crippen MR) is 64.7 cm³/mol. The zero-order valence-electron chi connectivity index (χ0n) is 9.97. The van der Waals surface area contributed by atoms with Crippen LogP contribution in [0, 0.1) is 11.6 Å². The molecule has 0 aromatic heterocycles. The highest BCUT2D eigenvalue weighted by Crippen LogP contribution is 2.31. The SMILES string of the molecule is CCNC(C1=CCCC1)c1cc(F)cc(F)c1. The van der Waals surface area contributed by atoms with Crippen molar-refractivity contribution in [3.8, 4) is 0 Å². The van der Waals surface area contributed by atoms with Crippen LogP contribution in [-0.4, -0.2) is 6.54 Å². The molecule has 0 spiro atoms. The molecule has 1 N–H and O–H groups in total. The molecule has 1 aliphatic carbocycles. The van der Waals surface area contributed by atoms with Gasteiger partial charge in [-0.25, -0.2) is 8.78 Å².